The molecule has 0 heterocycles. The fourth-order valence-corrected chi connectivity index (χ4v) is 3.58. The summed E-state index contributed by atoms with van der Waals surface area (Å²) >= 11 is 0. The third-order valence-corrected chi connectivity index (χ3v) is 4.77. The predicted octanol–water partition coefficient (Wildman–Crippen LogP) is 2.97. The highest BCUT2D eigenvalue weighted by atomic mass is 16.3. The van der Waals surface area contributed by atoms with Crippen molar-refractivity contribution in [3.63, 3.8) is 0 Å². The minimum absolute atomic E-state index is 0.0122. The number of aliphatic hydroxyl groups excluding tert-OH is 1. The van der Waals surface area contributed by atoms with Crippen LogP contribution in [0.4, 0.5) is 0 Å². The topological polar surface area (TPSA) is 20.2 Å². The van der Waals surface area contributed by atoms with Gasteiger partial charge in [0.05, 0.1) is 6.10 Å². The Balaban J connectivity index is 2.15. The molecule has 0 aromatic heterocycles. The van der Waals surface area contributed by atoms with E-state index in [1.54, 1.807) is 0 Å². The molecule has 0 radical (unpaired) electrons. The van der Waals surface area contributed by atoms with Crippen LogP contribution in [-0.4, -0.2) is 11.2 Å². The third kappa shape index (κ3) is 1.52. The van der Waals surface area contributed by atoms with Gasteiger partial charge in [0.15, 0.2) is 0 Å². The second-order valence-corrected chi connectivity index (χ2v) is 5.47. The predicted molar refractivity (Wildman–Crippen MR) is 54.5 cm³/mol. The van der Waals surface area contributed by atoms with E-state index in [1.807, 2.05) is 0 Å². The second kappa shape index (κ2) is 3.27. The summed E-state index contributed by atoms with van der Waals surface area (Å²) in [6.45, 7) is 4.79. The van der Waals surface area contributed by atoms with E-state index in [0.29, 0.717) is 5.41 Å². The van der Waals surface area contributed by atoms with Crippen LogP contribution in [-0.2, 0) is 0 Å². The van der Waals surface area contributed by atoms with Gasteiger partial charge in [0.25, 0.3) is 0 Å². The summed E-state index contributed by atoms with van der Waals surface area (Å²) in [6.07, 6.45) is 7.56. The SMILES string of the molecule is CC1CCCC2CCC(O)CC12C. The minimum Gasteiger partial charge on any atom is -0.393 e. The molecule has 2 saturated carbocycles. The summed E-state index contributed by atoms with van der Waals surface area (Å²) in [5, 5.41) is 9.73. The average Bonchev–Trinajstić information content (AvgIpc) is 2.07. The van der Waals surface area contributed by atoms with E-state index < -0.39 is 0 Å². The zero-order valence-corrected chi connectivity index (χ0v) is 8.92. The van der Waals surface area contributed by atoms with Crippen molar-refractivity contribution >= 4 is 0 Å². The lowest BCUT2D eigenvalue weighted by Gasteiger charge is -2.50. The summed E-state index contributed by atoms with van der Waals surface area (Å²) in [6, 6.07) is 0. The van der Waals surface area contributed by atoms with Crippen LogP contribution in [0.1, 0.15) is 52.4 Å². The Morgan fingerprint density at radius 2 is 1.92 bits per heavy atom. The smallest absolute Gasteiger partial charge is 0.0545 e. The lowest BCUT2D eigenvalue weighted by Crippen LogP contribution is -2.43. The minimum atomic E-state index is -0.0122. The molecule has 1 nitrogen and oxygen atoms in total. The van der Waals surface area contributed by atoms with Crippen molar-refractivity contribution < 1.29 is 5.11 Å². The van der Waals surface area contributed by atoms with Gasteiger partial charge in [0.1, 0.15) is 0 Å². The fourth-order valence-electron chi connectivity index (χ4n) is 3.58. The first-order valence-electron chi connectivity index (χ1n) is 5.81. The Morgan fingerprint density at radius 1 is 1.15 bits per heavy atom. The number of rotatable bonds is 0. The van der Waals surface area contributed by atoms with Gasteiger partial charge >= 0.3 is 0 Å². The molecule has 0 aromatic rings. The van der Waals surface area contributed by atoms with Crippen LogP contribution in [0.5, 0.6) is 0 Å². The highest BCUT2D eigenvalue weighted by molar-refractivity contribution is 4.95. The second-order valence-electron chi connectivity index (χ2n) is 5.47. The maximum absolute atomic E-state index is 9.73. The first-order chi connectivity index (χ1) is 6.13. The molecule has 2 fully saturated rings. The molecule has 13 heavy (non-hydrogen) atoms. The molecule has 0 bridgehead atoms. The van der Waals surface area contributed by atoms with Crippen LogP contribution >= 0.6 is 0 Å². The Morgan fingerprint density at radius 3 is 2.69 bits per heavy atom. The van der Waals surface area contributed by atoms with Crippen molar-refractivity contribution in [1.82, 2.24) is 0 Å². The average molecular weight is 182 g/mol. The highest BCUT2D eigenvalue weighted by Gasteiger charge is 2.45. The van der Waals surface area contributed by atoms with Gasteiger partial charge in [-0.05, 0) is 42.9 Å². The molecule has 2 aliphatic carbocycles. The van der Waals surface area contributed by atoms with Gasteiger partial charge in [-0.1, -0.05) is 26.7 Å². The van der Waals surface area contributed by atoms with Crippen molar-refractivity contribution in [3.05, 3.63) is 0 Å². The highest BCUT2D eigenvalue weighted by Crippen LogP contribution is 2.52. The zero-order valence-electron chi connectivity index (χ0n) is 8.92. The molecule has 0 amide bonds. The standard InChI is InChI=1S/C12H22O/c1-9-4-3-5-10-6-7-11(13)8-12(9,10)2/h9-11,13H,3-8H2,1-2H3. The van der Waals surface area contributed by atoms with Crippen LogP contribution in [0.25, 0.3) is 0 Å². The van der Waals surface area contributed by atoms with E-state index in [4.69, 9.17) is 0 Å². The van der Waals surface area contributed by atoms with Crippen molar-refractivity contribution in [2.75, 3.05) is 0 Å². The van der Waals surface area contributed by atoms with Crippen LogP contribution in [0.15, 0.2) is 0 Å². The van der Waals surface area contributed by atoms with Gasteiger partial charge < -0.3 is 5.11 Å². The molecule has 4 atom stereocenters. The van der Waals surface area contributed by atoms with E-state index >= 15 is 0 Å². The summed E-state index contributed by atoms with van der Waals surface area (Å²) in [4.78, 5) is 0. The van der Waals surface area contributed by atoms with E-state index in [0.717, 1.165) is 24.7 Å². The summed E-state index contributed by atoms with van der Waals surface area (Å²) in [7, 11) is 0. The van der Waals surface area contributed by atoms with Crippen LogP contribution in [0.3, 0.4) is 0 Å². The van der Waals surface area contributed by atoms with E-state index in [-0.39, 0.29) is 6.10 Å². The van der Waals surface area contributed by atoms with Crippen molar-refractivity contribution in [1.29, 1.82) is 0 Å². The maximum atomic E-state index is 9.73. The van der Waals surface area contributed by atoms with E-state index in [2.05, 4.69) is 13.8 Å². The fraction of sp³-hybridized carbons (Fsp3) is 1.00. The van der Waals surface area contributed by atoms with Gasteiger partial charge in [-0.3, -0.25) is 0 Å². The Hall–Kier alpha value is -0.0400. The van der Waals surface area contributed by atoms with Gasteiger partial charge in [0, 0.05) is 0 Å². The van der Waals surface area contributed by atoms with Crippen LogP contribution in [0, 0.1) is 17.3 Å². The molecule has 0 aliphatic heterocycles. The van der Waals surface area contributed by atoms with E-state index in [1.165, 1.54) is 25.7 Å². The Labute approximate surface area is 81.5 Å². The third-order valence-electron chi connectivity index (χ3n) is 4.77. The van der Waals surface area contributed by atoms with E-state index in [9.17, 15) is 5.11 Å². The zero-order chi connectivity index (χ0) is 9.47. The van der Waals surface area contributed by atoms with Crippen LogP contribution in [0.2, 0.25) is 0 Å². The quantitative estimate of drug-likeness (QED) is 0.610. The number of hydrogen-bond acceptors (Lipinski definition) is 1. The Bertz CT molecular complexity index is 190. The molecule has 1 heteroatoms. The van der Waals surface area contributed by atoms with Crippen LogP contribution < -0.4 is 0 Å². The molecular formula is C12H22O. The molecule has 0 saturated heterocycles. The summed E-state index contributed by atoms with van der Waals surface area (Å²) in [5.74, 6) is 1.72. The molecule has 0 spiro atoms. The lowest BCUT2D eigenvalue weighted by atomic mass is 9.55. The number of hydrogen-bond donors (Lipinski definition) is 1. The molecule has 0 aromatic carbocycles. The monoisotopic (exact) mass is 182 g/mol. The molecule has 2 aliphatic rings. The molecular weight excluding hydrogens is 160 g/mol. The number of aliphatic hydroxyl groups is 1. The normalized spacial score (nSPS) is 51.5. The maximum Gasteiger partial charge on any atom is 0.0545 e. The Kier molecular flexibility index (Phi) is 2.39. The summed E-state index contributed by atoms with van der Waals surface area (Å²) < 4.78 is 0. The number of fused-ring (bicyclic) bond motifs is 1. The summed E-state index contributed by atoms with van der Waals surface area (Å²) in [5.41, 5.74) is 0.454. The van der Waals surface area contributed by atoms with Crippen molar-refractivity contribution in [2.45, 2.75) is 58.5 Å². The largest absolute Gasteiger partial charge is 0.393 e. The van der Waals surface area contributed by atoms with Gasteiger partial charge in [-0.15, -0.1) is 0 Å². The van der Waals surface area contributed by atoms with Crippen molar-refractivity contribution in [2.24, 2.45) is 17.3 Å². The molecule has 2 rings (SSSR count). The molecule has 4 unspecified atom stereocenters. The molecule has 1 N–H and O–H groups in total. The van der Waals surface area contributed by atoms with Gasteiger partial charge in [-0.2, -0.15) is 0 Å². The molecule has 76 valence electrons. The van der Waals surface area contributed by atoms with Gasteiger partial charge in [-0.25, -0.2) is 0 Å². The van der Waals surface area contributed by atoms with Crippen molar-refractivity contribution in [3.8, 4) is 0 Å². The lowest BCUT2D eigenvalue weighted by molar-refractivity contribution is -0.0469. The van der Waals surface area contributed by atoms with Gasteiger partial charge in [0.2, 0.25) is 0 Å². The first-order valence-corrected chi connectivity index (χ1v) is 5.81. The first kappa shape index (κ1) is 9.51.